The van der Waals surface area contributed by atoms with E-state index in [1.807, 2.05) is 6.92 Å². The molecule has 3 saturated carbocycles. The molecule has 0 aliphatic heterocycles. The SMILES string of the molecule is C1CCCCCCCCC1.C1CCCCCCCCC1.C=C(C)C(=O)OCC1(COC(C)OCCCC)CCCCCCCCC1. The van der Waals surface area contributed by atoms with E-state index in [0.29, 0.717) is 18.8 Å². The third kappa shape index (κ3) is 26.1. The predicted molar refractivity (Wildman–Crippen MR) is 198 cm³/mol. The molecule has 3 fully saturated rings. The van der Waals surface area contributed by atoms with Gasteiger partial charge >= 0.3 is 5.97 Å². The summed E-state index contributed by atoms with van der Waals surface area (Å²) < 4.78 is 17.4. The van der Waals surface area contributed by atoms with Crippen molar-refractivity contribution in [3.63, 3.8) is 0 Å². The smallest absolute Gasteiger partial charge is 0.333 e. The van der Waals surface area contributed by atoms with Crippen molar-refractivity contribution in [2.45, 2.75) is 226 Å². The van der Waals surface area contributed by atoms with Crippen LogP contribution in [0.1, 0.15) is 220 Å². The van der Waals surface area contributed by atoms with Crippen LogP contribution in [0, 0.1) is 5.41 Å². The van der Waals surface area contributed by atoms with Crippen molar-refractivity contribution in [2.24, 2.45) is 5.41 Å². The minimum absolute atomic E-state index is 0.106. The zero-order valence-electron chi connectivity index (χ0n) is 31.5. The summed E-state index contributed by atoms with van der Waals surface area (Å²) in [4.78, 5) is 11.9. The number of esters is 1. The Morgan fingerprint density at radius 1 is 0.565 bits per heavy atom. The van der Waals surface area contributed by atoms with Crippen LogP contribution in [-0.4, -0.2) is 32.1 Å². The molecule has 0 aromatic rings. The van der Waals surface area contributed by atoms with E-state index >= 15 is 0 Å². The Bertz CT molecular complexity index is 593. The maximum absolute atomic E-state index is 11.9. The number of hydrogen-bond acceptors (Lipinski definition) is 4. The van der Waals surface area contributed by atoms with Gasteiger partial charge in [0.15, 0.2) is 6.29 Å². The van der Waals surface area contributed by atoms with Gasteiger partial charge in [0.2, 0.25) is 0 Å². The molecule has 272 valence electrons. The Kier molecular flexibility index (Phi) is 29.5. The number of hydrogen-bond donors (Lipinski definition) is 0. The van der Waals surface area contributed by atoms with Crippen LogP contribution in [0.5, 0.6) is 0 Å². The predicted octanol–water partition coefficient (Wildman–Crippen LogP) is 13.6. The Morgan fingerprint density at radius 2 is 0.891 bits per heavy atom. The summed E-state index contributed by atoms with van der Waals surface area (Å²) >= 11 is 0. The third-order valence-electron chi connectivity index (χ3n) is 10.2. The fourth-order valence-corrected chi connectivity index (χ4v) is 6.95. The second-order valence-corrected chi connectivity index (χ2v) is 15.0. The number of rotatable bonds is 10. The van der Waals surface area contributed by atoms with Gasteiger partial charge in [0.1, 0.15) is 0 Å². The lowest BCUT2D eigenvalue weighted by atomic mass is 9.78. The van der Waals surface area contributed by atoms with E-state index < -0.39 is 0 Å². The normalized spacial score (nSPS) is 21.5. The van der Waals surface area contributed by atoms with Gasteiger partial charge in [0, 0.05) is 17.6 Å². The largest absolute Gasteiger partial charge is 0.462 e. The molecule has 0 radical (unpaired) electrons. The summed E-state index contributed by atoms with van der Waals surface area (Å²) in [6, 6.07) is 0. The summed E-state index contributed by atoms with van der Waals surface area (Å²) in [7, 11) is 0. The minimum atomic E-state index is -0.297. The van der Waals surface area contributed by atoms with Gasteiger partial charge in [0.05, 0.1) is 13.2 Å². The summed E-state index contributed by atoms with van der Waals surface area (Å²) in [6.07, 6.45) is 42.8. The first-order chi connectivity index (χ1) is 22.5. The fourth-order valence-electron chi connectivity index (χ4n) is 6.95. The minimum Gasteiger partial charge on any atom is -0.462 e. The average molecular weight is 649 g/mol. The number of unbranched alkanes of at least 4 members (excludes halogenated alkanes) is 1. The summed E-state index contributed by atoms with van der Waals surface area (Å²) in [6.45, 7) is 11.2. The third-order valence-corrected chi connectivity index (χ3v) is 10.2. The highest BCUT2D eigenvalue weighted by Gasteiger charge is 2.33. The molecule has 1 unspecified atom stereocenters. The fraction of sp³-hybridized carbons (Fsp3) is 0.929. The molecule has 3 aliphatic rings. The van der Waals surface area contributed by atoms with E-state index in [0.717, 1.165) is 32.3 Å². The van der Waals surface area contributed by atoms with Gasteiger partial charge in [-0.15, -0.1) is 0 Å². The van der Waals surface area contributed by atoms with Gasteiger partial charge in [-0.25, -0.2) is 4.79 Å². The topological polar surface area (TPSA) is 44.8 Å². The molecule has 0 saturated heterocycles. The summed E-state index contributed by atoms with van der Waals surface area (Å²) in [5.41, 5.74) is 0.349. The second kappa shape index (κ2) is 31.4. The molecule has 0 amide bonds. The van der Waals surface area contributed by atoms with E-state index in [1.54, 1.807) is 6.92 Å². The molecule has 0 bridgehead atoms. The molecule has 0 aromatic carbocycles. The lowest BCUT2D eigenvalue weighted by molar-refractivity contribution is -0.166. The first-order valence-electron chi connectivity index (χ1n) is 20.5. The lowest BCUT2D eigenvalue weighted by Gasteiger charge is -2.35. The van der Waals surface area contributed by atoms with Crippen molar-refractivity contribution in [1.82, 2.24) is 0 Å². The molecule has 46 heavy (non-hydrogen) atoms. The van der Waals surface area contributed by atoms with E-state index in [9.17, 15) is 4.79 Å². The van der Waals surface area contributed by atoms with Gasteiger partial charge in [-0.1, -0.05) is 193 Å². The Hall–Kier alpha value is -0.870. The van der Waals surface area contributed by atoms with Crippen LogP contribution >= 0.6 is 0 Å². The molecule has 4 heteroatoms. The lowest BCUT2D eigenvalue weighted by Crippen LogP contribution is -2.36. The standard InChI is InChI=1S/C22H40O4.2C10H20/c1-5-6-16-24-20(4)25-17-22(18-26-21(23)19(2)3)14-12-10-8-7-9-11-13-15-22;2*1-2-4-6-8-10-9-7-5-3-1/h20H,2,5-18H2,1,3-4H3;2*1-10H2. The van der Waals surface area contributed by atoms with Crippen LogP contribution in [0.4, 0.5) is 0 Å². The monoisotopic (exact) mass is 649 g/mol. The molecule has 0 spiro atoms. The van der Waals surface area contributed by atoms with Crippen molar-refractivity contribution >= 4 is 5.97 Å². The molecule has 0 aromatic heterocycles. The van der Waals surface area contributed by atoms with E-state index in [1.165, 1.54) is 173 Å². The Labute approximate surface area is 288 Å². The summed E-state index contributed by atoms with van der Waals surface area (Å²) in [5.74, 6) is -0.297. The Balaban J connectivity index is 0.000000427. The van der Waals surface area contributed by atoms with Crippen molar-refractivity contribution < 1.29 is 19.0 Å². The quantitative estimate of drug-likeness (QED) is 0.102. The Morgan fingerprint density at radius 3 is 1.20 bits per heavy atom. The molecular weight excluding hydrogens is 568 g/mol. The van der Waals surface area contributed by atoms with Crippen LogP contribution < -0.4 is 0 Å². The first kappa shape index (κ1) is 43.2. The van der Waals surface area contributed by atoms with E-state index in [-0.39, 0.29) is 17.7 Å². The van der Waals surface area contributed by atoms with E-state index in [4.69, 9.17) is 14.2 Å². The van der Waals surface area contributed by atoms with Gasteiger partial charge < -0.3 is 14.2 Å². The summed E-state index contributed by atoms with van der Waals surface area (Å²) in [5, 5.41) is 0. The van der Waals surface area contributed by atoms with Crippen LogP contribution in [0.2, 0.25) is 0 Å². The van der Waals surface area contributed by atoms with Gasteiger partial charge in [-0.2, -0.15) is 0 Å². The highest BCUT2D eigenvalue weighted by Crippen LogP contribution is 2.35. The molecule has 3 rings (SSSR count). The highest BCUT2D eigenvalue weighted by atomic mass is 16.7. The van der Waals surface area contributed by atoms with Crippen molar-refractivity contribution in [3.8, 4) is 0 Å². The molecule has 3 aliphatic carbocycles. The maximum atomic E-state index is 11.9. The van der Waals surface area contributed by atoms with Crippen molar-refractivity contribution in [2.75, 3.05) is 19.8 Å². The first-order valence-corrected chi connectivity index (χ1v) is 20.5. The van der Waals surface area contributed by atoms with Crippen molar-refractivity contribution in [1.29, 1.82) is 0 Å². The van der Waals surface area contributed by atoms with Crippen LogP contribution in [0.15, 0.2) is 12.2 Å². The highest BCUT2D eigenvalue weighted by molar-refractivity contribution is 5.86. The number of ether oxygens (including phenoxy) is 3. The average Bonchev–Trinajstić information content (AvgIpc) is 3.08. The molecule has 0 heterocycles. The molecule has 1 atom stereocenters. The molecule has 0 N–H and O–H groups in total. The van der Waals surface area contributed by atoms with Gasteiger partial charge in [-0.05, 0) is 33.1 Å². The van der Waals surface area contributed by atoms with E-state index in [2.05, 4.69) is 13.5 Å². The zero-order valence-corrected chi connectivity index (χ0v) is 31.5. The van der Waals surface area contributed by atoms with Crippen LogP contribution in [0.3, 0.4) is 0 Å². The number of carbonyl (C=O) groups is 1. The van der Waals surface area contributed by atoms with Crippen molar-refractivity contribution in [3.05, 3.63) is 12.2 Å². The van der Waals surface area contributed by atoms with Gasteiger partial charge in [-0.3, -0.25) is 0 Å². The molecular formula is C42H80O4. The van der Waals surface area contributed by atoms with Crippen LogP contribution in [0.25, 0.3) is 0 Å². The zero-order chi connectivity index (χ0) is 33.4. The van der Waals surface area contributed by atoms with Crippen LogP contribution in [-0.2, 0) is 19.0 Å². The second-order valence-electron chi connectivity index (χ2n) is 15.0. The number of carbonyl (C=O) groups excluding carboxylic acids is 1. The maximum Gasteiger partial charge on any atom is 0.333 e. The van der Waals surface area contributed by atoms with Gasteiger partial charge in [0.25, 0.3) is 0 Å². The molecule has 4 nitrogen and oxygen atoms in total.